The van der Waals surface area contributed by atoms with E-state index in [2.05, 4.69) is 4.98 Å². The molecule has 1 saturated heterocycles. The van der Waals surface area contributed by atoms with Crippen LogP contribution >= 0.6 is 0 Å². The number of anilines is 2. The van der Waals surface area contributed by atoms with Gasteiger partial charge in [-0.05, 0) is 18.9 Å². The average Bonchev–Trinajstić information content (AvgIpc) is 2.38. The first kappa shape index (κ1) is 13.1. The van der Waals surface area contributed by atoms with E-state index in [0.717, 1.165) is 0 Å². The van der Waals surface area contributed by atoms with Crippen LogP contribution < -0.4 is 22.1 Å². The minimum Gasteiger partial charge on any atom is -0.397 e. The smallest absolute Gasteiger partial charge is 0.252 e. The van der Waals surface area contributed by atoms with Gasteiger partial charge in [-0.15, -0.1) is 0 Å². The quantitative estimate of drug-likeness (QED) is 0.675. The van der Waals surface area contributed by atoms with Gasteiger partial charge in [-0.25, -0.2) is 4.98 Å². The Kier molecular flexibility index (Phi) is 3.55. The minimum atomic E-state index is -0.563. The van der Waals surface area contributed by atoms with E-state index in [1.54, 1.807) is 0 Å². The summed E-state index contributed by atoms with van der Waals surface area (Å²) >= 11 is 0. The van der Waals surface area contributed by atoms with Crippen LogP contribution in [-0.2, 0) is 4.79 Å². The number of nitrogen functional groups attached to an aromatic ring is 1. The Labute approximate surface area is 110 Å². The highest BCUT2D eigenvalue weighted by molar-refractivity contribution is 5.98. The van der Waals surface area contributed by atoms with Crippen LogP contribution in [0.25, 0.3) is 0 Å². The van der Waals surface area contributed by atoms with Gasteiger partial charge in [0, 0.05) is 19.0 Å². The SMILES string of the molecule is NC(=O)c1cc(N)cnc1N1CCC(C(N)=O)CC1. The van der Waals surface area contributed by atoms with Gasteiger partial charge in [-0.1, -0.05) is 0 Å². The first-order valence-corrected chi connectivity index (χ1v) is 6.08. The Hall–Kier alpha value is -2.31. The second-order valence-electron chi connectivity index (χ2n) is 4.67. The molecule has 1 aromatic rings. The molecule has 1 aliphatic heterocycles. The Bertz CT molecular complexity index is 509. The molecule has 7 heteroatoms. The predicted molar refractivity (Wildman–Crippen MR) is 71.3 cm³/mol. The van der Waals surface area contributed by atoms with E-state index in [1.165, 1.54) is 12.3 Å². The van der Waals surface area contributed by atoms with Gasteiger partial charge in [0.25, 0.3) is 5.91 Å². The zero-order valence-electron chi connectivity index (χ0n) is 10.5. The van der Waals surface area contributed by atoms with Gasteiger partial charge in [-0.2, -0.15) is 0 Å². The van der Waals surface area contributed by atoms with Gasteiger partial charge in [0.15, 0.2) is 0 Å². The first-order valence-electron chi connectivity index (χ1n) is 6.08. The van der Waals surface area contributed by atoms with E-state index in [4.69, 9.17) is 17.2 Å². The summed E-state index contributed by atoms with van der Waals surface area (Å²) in [5.74, 6) is -0.432. The van der Waals surface area contributed by atoms with Crippen molar-refractivity contribution in [2.75, 3.05) is 23.7 Å². The van der Waals surface area contributed by atoms with Crippen LogP contribution in [0.15, 0.2) is 12.3 Å². The Balaban J connectivity index is 2.20. The van der Waals surface area contributed by atoms with Crippen LogP contribution in [0.5, 0.6) is 0 Å². The van der Waals surface area contributed by atoms with Crippen molar-refractivity contribution in [2.24, 2.45) is 17.4 Å². The summed E-state index contributed by atoms with van der Waals surface area (Å²) in [7, 11) is 0. The number of nitrogens with two attached hydrogens (primary N) is 3. The van der Waals surface area contributed by atoms with Crippen molar-refractivity contribution in [1.82, 2.24) is 4.98 Å². The van der Waals surface area contributed by atoms with E-state index in [9.17, 15) is 9.59 Å². The molecular formula is C12H17N5O2. The van der Waals surface area contributed by atoms with Crippen molar-refractivity contribution in [3.05, 3.63) is 17.8 Å². The third-order valence-electron chi connectivity index (χ3n) is 3.35. The Morgan fingerprint density at radius 1 is 1.26 bits per heavy atom. The molecule has 0 aromatic carbocycles. The van der Waals surface area contributed by atoms with Crippen LogP contribution in [0.2, 0.25) is 0 Å². The Morgan fingerprint density at radius 2 is 1.89 bits per heavy atom. The lowest BCUT2D eigenvalue weighted by Crippen LogP contribution is -2.39. The normalized spacial score (nSPS) is 16.3. The highest BCUT2D eigenvalue weighted by Gasteiger charge is 2.26. The van der Waals surface area contributed by atoms with Crippen LogP contribution in [0.4, 0.5) is 11.5 Å². The van der Waals surface area contributed by atoms with Crippen LogP contribution in [0.1, 0.15) is 23.2 Å². The number of carbonyl (C=O) groups is 2. The summed E-state index contributed by atoms with van der Waals surface area (Å²) in [5.41, 5.74) is 16.9. The van der Waals surface area contributed by atoms with Crippen molar-refractivity contribution in [1.29, 1.82) is 0 Å². The number of hydrogen-bond acceptors (Lipinski definition) is 5. The predicted octanol–water partition coefficient (Wildman–Crippen LogP) is -0.536. The molecule has 1 aromatic heterocycles. The van der Waals surface area contributed by atoms with Gasteiger partial charge in [-0.3, -0.25) is 9.59 Å². The van der Waals surface area contributed by atoms with Gasteiger partial charge in [0.1, 0.15) is 5.82 Å². The number of pyridine rings is 1. The van der Waals surface area contributed by atoms with E-state index < -0.39 is 5.91 Å². The molecule has 0 atom stereocenters. The number of piperidine rings is 1. The van der Waals surface area contributed by atoms with Gasteiger partial charge in [0.05, 0.1) is 17.4 Å². The maximum absolute atomic E-state index is 11.4. The Morgan fingerprint density at radius 3 is 2.42 bits per heavy atom. The van der Waals surface area contributed by atoms with E-state index in [-0.39, 0.29) is 11.8 Å². The lowest BCUT2D eigenvalue weighted by Gasteiger charge is -2.32. The molecular weight excluding hydrogens is 246 g/mol. The zero-order chi connectivity index (χ0) is 14.0. The molecule has 2 heterocycles. The molecule has 1 fully saturated rings. The summed E-state index contributed by atoms with van der Waals surface area (Å²) in [4.78, 5) is 28.6. The molecule has 2 rings (SSSR count). The third kappa shape index (κ3) is 2.75. The van der Waals surface area contributed by atoms with Crippen molar-refractivity contribution in [3.63, 3.8) is 0 Å². The monoisotopic (exact) mass is 263 g/mol. The molecule has 0 saturated carbocycles. The van der Waals surface area contributed by atoms with Gasteiger partial charge < -0.3 is 22.1 Å². The number of amides is 2. The fourth-order valence-corrected chi connectivity index (χ4v) is 2.28. The van der Waals surface area contributed by atoms with Crippen molar-refractivity contribution < 1.29 is 9.59 Å². The summed E-state index contributed by atoms with van der Waals surface area (Å²) in [6.07, 6.45) is 2.79. The molecule has 7 nitrogen and oxygen atoms in total. The standard InChI is InChI=1S/C12H17N5O2/c13-8-5-9(11(15)19)12(16-6-8)17-3-1-7(2-4-17)10(14)18/h5-7H,1-4,13H2,(H2,14,18)(H2,15,19). The fourth-order valence-electron chi connectivity index (χ4n) is 2.28. The fraction of sp³-hybridized carbons (Fsp3) is 0.417. The molecule has 0 unspecified atom stereocenters. The third-order valence-corrected chi connectivity index (χ3v) is 3.35. The van der Waals surface area contributed by atoms with E-state index >= 15 is 0 Å². The molecule has 2 amide bonds. The summed E-state index contributed by atoms with van der Waals surface area (Å²) < 4.78 is 0. The van der Waals surface area contributed by atoms with Crippen molar-refractivity contribution in [3.8, 4) is 0 Å². The first-order chi connectivity index (χ1) is 8.99. The highest BCUT2D eigenvalue weighted by atomic mass is 16.1. The van der Waals surface area contributed by atoms with Crippen LogP contribution in [-0.4, -0.2) is 29.9 Å². The summed E-state index contributed by atoms with van der Waals surface area (Å²) in [6, 6.07) is 1.52. The van der Waals surface area contributed by atoms with Gasteiger partial charge in [0.2, 0.25) is 5.91 Å². The number of aromatic nitrogens is 1. The maximum atomic E-state index is 11.4. The van der Waals surface area contributed by atoms with Gasteiger partial charge >= 0.3 is 0 Å². The minimum absolute atomic E-state index is 0.109. The van der Waals surface area contributed by atoms with Crippen molar-refractivity contribution >= 4 is 23.3 Å². The van der Waals surface area contributed by atoms with E-state index in [1.807, 2.05) is 4.90 Å². The lowest BCUT2D eigenvalue weighted by atomic mass is 9.96. The lowest BCUT2D eigenvalue weighted by molar-refractivity contribution is -0.122. The number of hydrogen-bond donors (Lipinski definition) is 3. The van der Waals surface area contributed by atoms with Crippen molar-refractivity contribution in [2.45, 2.75) is 12.8 Å². The van der Waals surface area contributed by atoms with Crippen LogP contribution in [0.3, 0.4) is 0 Å². The largest absolute Gasteiger partial charge is 0.397 e. The van der Waals surface area contributed by atoms with E-state index in [0.29, 0.717) is 43.0 Å². The molecule has 0 aliphatic carbocycles. The number of carbonyl (C=O) groups excluding carboxylic acids is 2. The number of primary amides is 2. The summed E-state index contributed by atoms with van der Waals surface area (Å²) in [5, 5.41) is 0. The molecule has 19 heavy (non-hydrogen) atoms. The molecule has 6 N–H and O–H groups in total. The molecule has 0 spiro atoms. The molecule has 102 valence electrons. The van der Waals surface area contributed by atoms with Crippen LogP contribution in [0, 0.1) is 5.92 Å². The second-order valence-corrected chi connectivity index (χ2v) is 4.67. The molecule has 0 bridgehead atoms. The topological polar surface area (TPSA) is 128 Å². The zero-order valence-corrected chi connectivity index (χ0v) is 10.5. The maximum Gasteiger partial charge on any atom is 0.252 e. The number of nitrogens with zero attached hydrogens (tertiary/aromatic N) is 2. The second kappa shape index (κ2) is 5.13. The molecule has 0 radical (unpaired) electrons. The summed E-state index contributed by atoms with van der Waals surface area (Å²) in [6.45, 7) is 1.23. The average molecular weight is 263 g/mol. The molecule has 1 aliphatic rings. The number of rotatable bonds is 3. The highest BCUT2D eigenvalue weighted by Crippen LogP contribution is 2.25.